The van der Waals surface area contributed by atoms with Crippen LogP contribution in [0.2, 0.25) is 0 Å². The van der Waals surface area contributed by atoms with Crippen LogP contribution in [0.5, 0.6) is 0 Å². The van der Waals surface area contributed by atoms with Crippen LogP contribution in [-0.4, -0.2) is 24.5 Å². The van der Waals surface area contributed by atoms with Crippen LogP contribution in [0.4, 0.5) is 10.1 Å². The standard InChI is InChI=1S/C14H19FN2O3/c1-4-14(16,5-2)13(19)17-11-8-9(15)6-7-10(11)12(18)20-3/h6-8H,4-5,16H2,1-3H3,(H,17,19). The van der Waals surface area contributed by atoms with Gasteiger partial charge in [0.2, 0.25) is 5.91 Å². The van der Waals surface area contributed by atoms with Crippen molar-refractivity contribution in [1.29, 1.82) is 0 Å². The molecule has 1 amide bonds. The molecular formula is C14H19FN2O3. The molecule has 0 atom stereocenters. The SMILES string of the molecule is CCC(N)(CC)C(=O)Nc1cc(F)ccc1C(=O)OC. The second-order valence-electron chi connectivity index (χ2n) is 4.50. The average Bonchev–Trinajstić information content (AvgIpc) is 2.45. The number of hydrogen-bond donors (Lipinski definition) is 2. The quantitative estimate of drug-likeness (QED) is 0.810. The molecule has 6 heteroatoms. The van der Waals surface area contributed by atoms with E-state index in [4.69, 9.17) is 5.73 Å². The Bertz CT molecular complexity index is 513. The summed E-state index contributed by atoms with van der Waals surface area (Å²) in [5.41, 5.74) is 5.04. The van der Waals surface area contributed by atoms with E-state index in [1.165, 1.54) is 13.2 Å². The van der Waals surface area contributed by atoms with E-state index in [1.807, 2.05) is 0 Å². The monoisotopic (exact) mass is 282 g/mol. The summed E-state index contributed by atoms with van der Waals surface area (Å²) in [6, 6.07) is 3.44. The number of hydrogen-bond acceptors (Lipinski definition) is 4. The van der Waals surface area contributed by atoms with Crippen LogP contribution in [0.3, 0.4) is 0 Å². The van der Waals surface area contributed by atoms with Crippen molar-refractivity contribution in [3.8, 4) is 0 Å². The fourth-order valence-corrected chi connectivity index (χ4v) is 1.73. The highest BCUT2D eigenvalue weighted by atomic mass is 19.1. The molecule has 5 nitrogen and oxygen atoms in total. The molecule has 20 heavy (non-hydrogen) atoms. The molecule has 0 heterocycles. The van der Waals surface area contributed by atoms with Gasteiger partial charge in [-0.05, 0) is 31.0 Å². The number of esters is 1. The molecular weight excluding hydrogens is 263 g/mol. The summed E-state index contributed by atoms with van der Waals surface area (Å²) in [6.07, 6.45) is 0.858. The lowest BCUT2D eigenvalue weighted by Crippen LogP contribution is -2.50. The highest BCUT2D eigenvalue weighted by molar-refractivity contribution is 6.04. The van der Waals surface area contributed by atoms with Crippen molar-refractivity contribution in [3.63, 3.8) is 0 Å². The Morgan fingerprint density at radius 2 is 1.95 bits per heavy atom. The first-order chi connectivity index (χ1) is 9.37. The first-order valence-electron chi connectivity index (χ1n) is 6.36. The van der Waals surface area contributed by atoms with E-state index in [-0.39, 0.29) is 11.3 Å². The van der Waals surface area contributed by atoms with Gasteiger partial charge in [-0.3, -0.25) is 4.79 Å². The molecule has 1 rings (SSSR count). The average molecular weight is 282 g/mol. The van der Waals surface area contributed by atoms with Gasteiger partial charge in [-0.25, -0.2) is 9.18 Å². The van der Waals surface area contributed by atoms with Crippen LogP contribution < -0.4 is 11.1 Å². The summed E-state index contributed by atoms with van der Waals surface area (Å²) in [7, 11) is 1.21. The van der Waals surface area contributed by atoms with Crippen LogP contribution in [-0.2, 0) is 9.53 Å². The van der Waals surface area contributed by atoms with Crippen LogP contribution in [0, 0.1) is 5.82 Å². The number of nitrogens with two attached hydrogens (primary N) is 1. The van der Waals surface area contributed by atoms with Gasteiger partial charge in [-0.1, -0.05) is 13.8 Å². The van der Waals surface area contributed by atoms with Crippen LogP contribution >= 0.6 is 0 Å². The lowest BCUT2D eigenvalue weighted by Gasteiger charge is -2.25. The Morgan fingerprint density at radius 3 is 2.45 bits per heavy atom. The zero-order chi connectivity index (χ0) is 15.3. The maximum Gasteiger partial charge on any atom is 0.339 e. The molecule has 0 spiro atoms. The highest BCUT2D eigenvalue weighted by Crippen LogP contribution is 2.21. The number of benzene rings is 1. The van der Waals surface area contributed by atoms with Gasteiger partial charge in [-0.2, -0.15) is 0 Å². The van der Waals surface area contributed by atoms with E-state index >= 15 is 0 Å². The topological polar surface area (TPSA) is 81.4 Å². The summed E-state index contributed by atoms with van der Waals surface area (Å²) in [6.45, 7) is 3.58. The lowest BCUT2D eigenvalue weighted by atomic mass is 9.93. The first-order valence-corrected chi connectivity index (χ1v) is 6.36. The van der Waals surface area contributed by atoms with E-state index in [2.05, 4.69) is 10.1 Å². The Labute approximate surface area is 117 Å². The van der Waals surface area contributed by atoms with Crippen LogP contribution in [0.25, 0.3) is 0 Å². The van der Waals surface area contributed by atoms with E-state index < -0.39 is 23.2 Å². The minimum atomic E-state index is -1.06. The van der Waals surface area contributed by atoms with Gasteiger partial charge in [0.15, 0.2) is 0 Å². The van der Waals surface area contributed by atoms with E-state index in [0.717, 1.165) is 12.1 Å². The van der Waals surface area contributed by atoms with Crippen LogP contribution in [0.1, 0.15) is 37.0 Å². The van der Waals surface area contributed by atoms with Gasteiger partial charge in [0.05, 0.1) is 23.9 Å². The Balaban J connectivity index is 3.11. The number of ether oxygens (including phenoxy) is 1. The number of methoxy groups -OCH3 is 1. The van der Waals surface area contributed by atoms with Crippen molar-refractivity contribution in [3.05, 3.63) is 29.6 Å². The minimum Gasteiger partial charge on any atom is -0.465 e. The summed E-state index contributed by atoms with van der Waals surface area (Å²) >= 11 is 0. The number of carbonyl (C=O) groups is 2. The molecule has 1 aromatic rings. The second kappa shape index (κ2) is 6.47. The number of anilines is 1. The Kier molecular flexibility index (Phi) is 5.21. The third-order valence-electron chi connectivity index (χ3n) is 3.35. The summed E-state index contributed by atoms with van der Waals surface area (Å²) in [5, 5.41) is 2.50. The zero-order valence-electron chi connectivity index (χ0n) is 11.8. The molecule has 0 fully saturated rings. The van der Waals surface area contributed by atoms with Gasteiger partial charge in [0, 0.05) is 0 Å². The fraction of sp³-hybridized carbons (Fsp3) is 0.429. The highest BCUT2D eigenvalue weighted by Gasteiger charge is 2.30. The molecule has 3 N–H and O–H groups in total. The largest absolute Gasteiger partial charge is 0.465 e. The number of amides is 1. The van der Waals surface area contributed by atoms with Crippen LogP contribution in [0.15, 0.2) is 18.2 Å². The fourth-order valence-electron chi connectivity index (χ4n) is 1.73. The van der Waals surface area contributed by atoms with Gasteiger partial charge in [-0.15, -0.1) is 0 Å². The molecule has 0 aliphatic rings. The Morgan fingerprint density at radius 1 is 1.35 bits per heavy atom. The predicted molar refractivity (Wildman–Crippen MR) is 73.9 cm³/mol. The zero-order valence-corrected chi connectivity index (χ0v) is 11.8. The number of halogens is 1. The maximum absolute atomic E-state index is 13.3. The molecule has 0 aromatic heterocycles. The number of rotatable bonds is 5. The predicted octanol–water partition coefficient (Wildman–Crippen LogP) is 2.07. The molecule has 0 saturated carbocycles. The first kappa shape index (κ1) is 16.1. The molecule has 0 unspecified atom stereocenters. The number of carbonyl (C=O) groups excluding carboxylic acids is 2. The summed E-state index contributed by atoms with van der Waals surface area (Å²) in [5.74, 6) is -1.68. The molecule has 0 saturated heterocycles. The molecule has 0 bridgehead atoms. The molecule has 110 valence electrons. The van der Waals surface area contributed by atoms with Gasteiger partial charge in [0.25, 0.3) is 0 Å². The van der Waals surface area contributed by atoms with Gasteiger partial charge >= 0.3 is 5.97 Å². The third-order valence-corrected chi connectivity index (χ3v) is 3.35. The molecule has 0 aliphatic carbocycles. The van der Waals surface area contributed by atoms with E-state index in [1.54, 1.807) is 13.8 Å². The number of nitrogens with one attached hydrogen (secondary N) is 1. The second-order valence-corrected chi connectivity index (χ2v) is 4.50. The Hall–Kier alpha value is -1.95. The van der Waals surface area contributed by atoms with Crippen molar-refractivity contribution in [1.82, 2.24) is 0 Å². The van der Waals surface area contributed by atoms with Gasteiger partial charge < -0.3 is 15.8 Å². The van der Waals surface area contributed by atoms with E-state index in [9.17, 15) is 14.0 Å². The smallest absolute Gasteiger partial charge is 0.339 e. The molecule has 0 radical (unpaired) electrons. The maximum atomic E-state index is 13.3. The minimum absolute atomic E-state index is 0.0542. The van der Waals surface area contributed by atoms with Gasteiger partial charge in [0.1, 0.15) is 5.82 Å². The summed E-state index contributed by atoms with van der Waals surface area (Å²) in [4.78, 5) is 23.7. The third kappa shape index (κ3) is 3.33. The van der Waals surface area contributed by atoms with Crippen molar-refractivity contribution < 1.29 is 18.7 Å². The summed E-state index contributed by atoms with van der Waals surface area (Å²) < 4.78 is 17.9. The molecule has 1 aromatic carbocycles. The van der Waals surface area contributed by atoms with Crippen molar-refractivity contribution in [2.75, 3.05) is 12.4 Å². The lowest BCUT2D eigenvalue weighted by molar-refractivity contribution is -0.121. The normalized spacial score (nSPS) is 11.1. The van der Waals surface area contributed by atoms with Crippen molar-refractivity contribution in [2.24, 2.45) is 5.73 Å². The van der Waals surface area contributed by atoms with Crippen molar-refractivity contribution >= 4 is 17.6 Å². The van der Waals surface area contributed by atoms with Crippen molar-refractivity contribution in [2.45, 2.75) is 32.2 Å². The van der Waals surface area contributed by atoms with E-state index in [0.29, 0.717) is 12.8 Å². The molecule has 0 aliphatic heterocycles.